The Morgan fingerprint density at radius 2 is 1.25 bits per heavy atom. The van der Waals surface area contributed by atoms with E-state index >= 15 is 0 Å². The summed E-state index contributed by atoms with van der Waals surface area (Å²) in [6.07, 6.45) is 13.2. The monoisotopic (exact) mass is 778 g/mol. The van der Waals surface area contributed by atoms with Gasteiger partial charge in [0.2, 0.25) is 0 Å². The van der Waals surface area contributed by atoms with E-state index in [1.807, 2.05) is 27.7 Å². The number of fused-ring (bicyclic) bond motifs is 1. The van der Waals surface area contributed by atoms with Crippen LogP contribution in [-0.2, 0) is 38.6 Å². The highest BCUT2D eigenvalue weighted by molar-refractivity contribution is 7.48. The highest BCUT2D eigenvalue weighted by Crippen LogP contribution is 2.51. The van der Waals surface area contributed by atoms with Crippen molar-refractivity contribution in [1.82, 2.24) is 0 Å². The lowest BCUT2D eigenvalue weighted by Gasteiger charge is -2.38. The van der Waals surface area contributed by atoms with Gasteiger partial charge in [0.1, 0.15) is 17.1 Å². The normalized spacial score (nSPS) is 20.1. The van der Waals surface area contributed by atoms with Crippen molar-refractivity contribution in [3.8, 4) is 11.5 Å². The van der Waals surface area contributed by atoms with Gasteiger partial charge in [-0.05, 0) is 101 Å². The fourth-order valence-electron chi connectivity index (χ4n) is 6.62. The van der Waals surface area contributed by atoms with E-state index < -0.39 is 15.6 Å². The van der Waals surface area contributed by atoms with Crippen LogP contribution in [0.3, 0.4) is 0 Å². The van der Waals surface area contributed by atoms with Crippen LogP contribution < -0.4 is 9.26 Å². The molecule has 6 atom stereocenters. The van der Waals surface area contributed by atoms with Gasteiger partial charge >= 0.3 is 15.6 Å². The van der Waals surface area contributed by atoms with Crippen molar-refractivity contribution in [3.63, 3.8) is 0 Å². The van der Waals surface area contributed by atoms with Crippen molar-refractivity contribution < 1.29 is 51.2 Å². The summed E-state index contributed by atoms with van der Waals surface area (Å²) in [4.78, 5) is 20.2. The Bertz CT molecular complexity index is 1290. The van der Waals surface area contributed by atoms with Crippen LogP contribution in [-0.4, -0.2) is 61.1 Å². The number of phosphoric acid groups is 2. The Labute approximate surface area is 315 Å². The van der Waals surface area contributed by atoms with E-state index in [1.165, 1.54) is 44.9 Å². The Balaban J connectivity index is 1.75. The molecule has 1 heterocycles. The molecule has 0 spiro atoms. The van der Waals surface area contributed by atoms with Crippen LogP contribution in [0.2, 0.25) is 0 Å². The highest BCUT2D eigenvalue weighted by Gasteiger charge is 2.36. The van der Waals surface area contributed by atoms with Crippen LogP contribution in [0, 0.1) is 38.5 Å². The molecule has 0 saturated carbocycles. The smallest absolute Gasteiger partial charge is 0.487 e. The number of phosphoric ester groups is 2. The maximum Gasteiger partial charge on any atom is 0.527 e. The number of ether oxygens (including phenoxy) is 3. The maximum atomic E-state index is 12.9. The first-order valence-corrected chi connectivity index (χ1v) is 22.7. The molecule has 0 amide bonds. The molecule has 1 aromatic carbocycles. The highest BCUT2D eigenvalue weighted by atomic mass is 31.2. The second-order valence-electron chi connectivity index (χ2n) is 15.7. The third kappa shape index (κ3) is 17.6. The van der Waals surface area contributed by atoms with Crippen molar-refractivity contribution >= 4 is 15.6 Å². The predicted octanol–water partition coefficient (Wildman–Crippen LogP) is 10.6. The van der Waals surface area contributed by atoms with Gasteiger partial charge in [-0.1, -0.05) is 79.6 Å². The van der Waals surface area contributed by atoms with Crippen LogP contribution in [0.15, 0.2) is 0 Å². The van der Waals surface area contributed by atoms with E-state index in [0.717, 1.165) is 65.5 Å². The molecule has 3 unspecified atom stereocenters. The molecular weight excluding hydrogens is 706 g/mol. The Hall–Kier alpha value is -1.00. The van der Waals surface area contributed by atoms with Gasteiger partial charge in [-0.15, -0.1) is 0 Å². The minimum atomic E-state index is -4.43. The summed E-state index contributed by atoms with van der Waals surface area (Å²) in [5, 5.41) is 0. The molecule has 0 saturated heterocycles. The minimum absolute atomic E-state index is 0.0481. The van der Waals surface area contributed by atoms with Gasteiger partial charge in [0.25, 0.3) is 0 Å². The third-order valence-electron chi connectivity index (χ3n) is 10.3. The Kier molecular flexibility index (Phi) is 21.0. The molecule has 1 aliphatic heterocycles. The van der Waals surface area contributed by atoms with Crippen LogP contribution in [0.1, 0.15) is 141 Å². The molecule has 0 aromatic heterocycles. The summed E-state index contributed by atoms with van der Waals surface area (Å²) in [5.41, 5.74) is 3.24. The number of hydrogen-bond acceptors (Lipinski definition) is 9. The summed E-state index contributed by atoms with van der Waals surface area (Å²) >= 11 is 0. The summed E-state index contributed by atoms with van der Waals surface area (Å²) in [6.45, 7) is 21.2. The molecule has 2 N–H and O–H groups in total. The Morgan fingerprint density at radius 3 is 1.81 bits per heavy atom. The third-order valence-corrected chi connectivity index (χ3v) is 12.3. The zero-order valence-corrected chi connectivity index (χ0v) is 35.8. The molecule has 0 bridgehead atoms. The average molecular weight is 779 g/mol. The van der Waals surface area contributed by atoms with Crippen molar-refractivity contribution in [2.24, 2.45) is 17.8 Å². The van der Waals surface area contributed by atoms with E-state index in [-0.39, 0.29) is 51.3 Å². The second-order valence-corrected chi connectivity index (χ2v) is 18.4. The van der Waals surface area contributed by atoms with Crippen LogP contribution in [0.25, 0.3) is 0 Å². The molecule has 0 fully saturated rings. The van der Waals surface area contributed by atoms with Gasteiger partial charge in [0.05, 0.1) is 45.7 Å². The van der Waals surface area contributed by atoms with Gasteiger partial charge < -0.3 is 23.6 Å². The predicted molar refractivity (Wildman–Crippen MR) is 207 cm³/mol. The van der Waals surface area contributed by atoms with Crippen molar-refractivity contribution in [2.75, 3.05) is 39.6 Å². The topological polar surface area (TPSA) is 139 Å². The molecule has 0 aliphatic carbocycles. The lowest BCUT2D eigenvalue weighted by molar-refractivity contribution is 0.0181. The number of hydrogen-bond donors (Lipinski definition) is 2. The van der Waals surface area contributed by atoms with Gasteiger partial charge in [0.15, 0.2) is 0 Å². The molecule has 304 valence electrons. The molecule has 2 rings (SSSR count). The van der Waals surface area contributed by atoms with Gasteiger partial charge in [0, 0.05) is 5.56 Å². The molecule has 1 aromatic rings. The molecule has 1 aliphatic rings. The largest absolute Gasteiger partial charge is 0.527 e. The summed E-state index contributed by atoms with van der Waals surface area (Å²) in [5.74, 6) is 3.57. The molecule has 11 nitrogen and oxygen atoms in total. The lowest BCUT2D eigenvalue weighted by Crippen LogP contribution is -2.37. The first-order valence-electron chi connectivity index (χ1n) is 19.7. The van der Waals surface area contributed by atoms with Gasteiger partial charge in [-0.25, -0.2) is 9.13 Å². The van der Waals surface area contributed by atoms with Crippen LogP contribution in [0.5, 0.6) is 11.5 Å². The van der Waals surface area contributed by atoms with Crippen molar-refractivity contribution in [2.45, 2.75) is 158 Å². The van der Waals surface area contributed by atoms with Gasteiger partial charge in [-0.3, -0.25) is 18.5 Å². The molecule has 0 radical (unpaired) electrons. The summed E-state index contributed by atoms with van der Waals surface area (Å²) in [6, 6.07) is 0. The first kappa shape index (κ1) is 47.2. The second kappa shape index (κ2) is 23.2. The molecule has 52 heavy (non-hydrogen) atoms. The summed E-state index contributed by atoms with van der Waals surface area (Å²) in [7, 11) is -8.54. The standard InChI is InChI=1S/C39H72O11P2/c1-11-32(6)49-51(40,41)46-27-25-44-23-24-45-26-28-47-52(42,43)50-37-33(7)34(8)38-36(35(37)9)20-22-39(10,48-38)21-14-19-31(5)18-13-17-30(4)16-12-15-29(2)3/h29-32H,11-28H2,1-10H3,(H,40,41)(H,42,43)/t30-,31-,32?,39-/m1/s1. The van der Waals surface area contributed by atoms with E-state index in [2.05, 4.69) is 34.6 Å². The summed E-state index contributed by atoms with van der Waals surface area (Å²) < 4.78 is 62.8. The quantitative estimate of drug-likeness (QED) is 0.0620. The van der Waals surface area contributed by atoms with Crippen LogP contribution in [0.4, 0.5) is 0 Å². The van der Waals surface area contributed by atoms with Crippen molar-refractivity contribution in [1.29, 1.82) is 0 Å². The fourth-order valence-corrected chi connectivity index (χ4v) is 8.45. The SMILES string of the molecule is CCC(C)OP(=O)(O)OCCOCCOCCOP(=O)(O)Oc1c(C)c(C)c2c(c1C)CC[C@@](C)(CCC[C@H](C)CCC[C@H](C)CCCC(C)C)O2. The number of rotatable bonds is 28. The average Bonchev–Trinajstić information content (AvgIpc) is 3.06. The van der Waals surface area contributed by atoms with Crippen molar-refractivity contribution in [3.05, 3.63) is 22.3 Å². The zero-order chi connectivity index (χ0) is 39.0. The molecule has 13 heteroatoms. The zero-order valence-electron chi connectivity index (χ0n) is 34.0. The van der Waals surface area contributed by atoms with E-state index in [4.69, 9.17) is 32.3 Å². The minimum Gasteiger partial charge on any atom is -0.487 e. The molecular formula is C39H72O11P2. The lowest BCUT2D eigenvalue weighted by atomic mass is 9.84. The van der Waals surface area contributed by atoms with E-state index in [1.54, 1.807) is 6.92 Å². The van der Waals surface area contributed by atoms with Crippen LogP contribution >= 0.6 is 15.6 Å². The van der Waals surface area contributed by atoms with E-state index in [9.17, 15) is 18.9 Å². The Morgan fingerprint density at radius 1 is 0.731 bits per heavy atom. The number of benzene rings is 1. The first-order chi connectivity index (χ1) is 24.4. The maximum absolute atomic E-state index is 12.9. The van der Waals surface area contributed by atoms with Gasteiger partial charge in [-0.2, -0.15) is 0 Å². The fraction of sp³-hybridized carbons (Fsp3) is 0.846. The van der Waals surface area contributed by atoms with E-state index in [0.29, 0.717) is 18.1 Å².